The lowest BCUT2D eigenvalue weighted by atomic mass is 10.2. The lowest BCUT2D eigenvalue weighted by Crippen LogP contribution is -2.36. The molecule has 0 heterocycles. The van der Waals surface area contributed by atoms with E-state index in [1.807, 2.05) is 0 Å². The summed E-state index contributed by atoms with van der Waals surface area (Å²) in [6.07, 6.45) is -0.501. The molecule has 4 nitrogen and oxygen atoms in total. The van der Waals surface area contributed by atoms with Gasteiger partial charge in [-0.15, -0.1) is 0 Å². The van der Waals surface area contributed by atoms with Crippen LogP contribution in [0.5, 0.6) is 0 Å². The molecule has 0 radical (unpaired) electrons. The van der Waals surface area contributed by atoms with Gasteiger partial charge in [0.1, 0.15) is 6.10 Å². The zero-order valence-electron chi connectivity index (χ0n) is 5.69. The van der Waals surface area contributed by atoms with Crippen LogP contribution in [0.1, 0.15) is 19.8 Å². The van der Waals surface area contributed by atoms with Crippen molar-refractivity contribution in [3.05, 3.63) is 0 Å². The average molecular weight is 166 g/mol. The normalized spacial score (nSPS) is 15.6. The third kappa shape index (κ3) is 2.71. The number of hydrogen-bond acceptors (Lipinski definition) is 4. The standard InChI is InChI=1S/C5H11O4P/c1-2-3-4(6)5(7,8)10-9/h4,6-8H,2-3H2,1H3. The lowest BCUT2D eigenvalue weighted by Gasteiger charge is -2.18. The topological polar surface area (TPSA) is 77.8 Å². The van der Waals surface area contributed by atoms with Crippen LogP contribution in [-0.2, 0) is 4.57 Å². The van der Waals surface area contributed by atoms with Crippen LogP contribution in [0.3, 0.4) is 0 Å². The largest absolute Gasteiger partial charge is 0.387 e. The number of hydrogen-bond donors (Lipinski definition) is 3. The first-order valence-electron chi connectivity index (χ1n) is 3.02. The van der Waals surface area contributed by atoms with Gasteiger partial charge in [0.2, 0.25) is 8.46 Å². The second-order valence-corrected chi connectivity index (χ2v) is 2.92. The van der Waals surface area contributed by atoms with Crippen LogP contribution < -0.4 is 0 Å². The fourth-order valence-electron chi connectivity index (χ4n) is 0.528. The molecule has 0 amide bonds. The van der Waals surface area contributed by atoms with Gasteiger partial charge in [-0.2, -0.15) is 0 Å². The summed E-state index contributed by atoms with van der Waals surface area (Å²) in [6, 6.07) is 0. The molecule has 0 saturated heterocycles. The highest BCUT2D eigenvalue weighted by molar-refractivity contribution is 7.25. The van der Waals surface area contributed by atoms with Crippen molar-refractivity contribution in [2.45, 2.75) is 31.4 Å². The van der Waals surface area contributed by atoms with Gasteiger partial charge in [-0.3, -0.25) is 4.57 Å². The minimum absolute atomic E-state index is 0.224. The third-order valence-corrected chi connectivity index (χ3v) is 1.71. The molecule has 5 heteroatoms. The van der Waals surface area contributed by atoms with Crippen LogP contribution in [0.25, 0.3) is 0 Å². The first-order valence-corrected chi connectivity index (χ1v) is 3.83. The van der Waals surface area contributed by atoms with E-state index in [9.17, 15) is 4.57 Å². The molecule has 60 valence electrons. The van der Waals surface area contributed by atoms with Crippen LogP contribution in [0.15, 0.2) is 0 Å². The van der Waals surface area contributed by atoms with E-state index >= 15 is 0 Å². The molecule has 0 aliphatic carbocycles. The van der Waals surface area contributed by atoms with Gasteiger partial charge in [-0.05, 0) is 6.42 Å². The SMILES string of the molecule is CCCC(O)C(O)(O)P=O. The molecule has 0 aromatic heterocycles. The van der Waals surface area contributed by atoms with Gasteiger partial charge in [-0.25, -0.2) is 0 Å². The van der Waals surface area contributed by atoms with Crippen molar-refractivity contribution in [1.29, 1.82) is 0 Å². The molecule has 0 aliphatic heterocycles. The molecule has 0 rings (SSSR count). The van der Waals surface area contributed by atoms with Crippen molar-refractivity contribution in [3.63, 3.8) is 0 Å². The van der Waals surface area contributed by atoms with Gasteiger partial charge in [-0.1, -0.05) is 13.3 Å². The highest BCUT2D eigenvalue weighted by atomic mass is 31.1. The van der Waals surface area contributed by atoms with E-state index in [0.717, 1.165) is 0 Å². The number of rotatable bonds is 4. The van der Waals surface area contributed by atoms with Gasteiger partial charge in [0.05, 0.1) is 0 Å². The zero-order chi connectivity index (χ0) is 8.20. The van der Waals surface area contributed by atoms with Crippen molar-refractivity contribution in [2.75, 3.05) is 0 Å². The zero-order valence-corrected chi connectivity index (χ0v) is 6.58. The lowest BCUT2D eigenvalue weighted by molar-refractivity contribution is -0.159. The maximum absolute atomic E-state index is 9.98. The predicted molar refractivity (Wildman–Crippen MR) is 35.7 cm³/mol. The Morgan fingerprint density at radius 1 is 1.60 bits per heavy atom. The molecule has 0 bridgehead atoms. The van der Waals surface area contributed by atoms with Gasteiger partial charge in [0.15, 0.2) is 0 Å². The Morgan fingerprint density at radius 3 is 2.40 bits per heavy atom. The maximum atomic E-state index is 9.98. The van der Waals surface area contributed by atoms with Gasteiger partial charge >= 0.3 is 0 Å². The summed E-state index contributed by atoms with van der Waals surface area (Å²) in [7, 11) is -0.864. The first kappa shape index (κ1) is 9.98. The van der Waals surface area contributed by atoms with Crippen LogP contribution in [-0.4, -0.2) is 27.0 Å². The summed E-state index contributed by atoms with van der Waals surface area (Å²) < 4.78 is 9.98. The smallest absolute Gasteiger partial charge is 0.273 e. The highest BCUT2D eigenvalue weighted by Gasteiger charge is 2.33. The summed E-state index contributed by atoms with van der Waals surface area (Å²) in [5, 5.41) is 26.3. The van der Waals surface area contributed by atoms with Crippen LogP contribution in [0, 0.1) is 0 Å². The minimum atomic E-state index is -2.48. The third-order valence-electron chi connectivity index (χ3n) is 1.14. The van der Waals surface area contributed by atoms with E-state index in [4.69, 9.17) is 15.3 Å². The highest BCUT2D eigenvalue weighted by Crippen LogP contribution is 2.22. The number of aliphatic hydroxyl groups excluding tert-OH is 1. The van der Waals surface area contributed by atoms with Gasteiger partial charge in [0, 0.05) is 0 Å². The van der Waals surface area contributed by atoms with Crippen LogP contribution in [0.4, 0.5) is 0 Å². The summed E-state index contributed by atoms with van der Waals surface area (Å²) in [5.41, 5.74) is -2.48. The Balaban J connectivity index is 3.90. The van der Waals surface area contributed by atoms with E-state index in [0.29, 0.717) is 6.42 Å². The molecule has 0 aliphatic rings. The molecule has 0 aromatic rings. The van der Waals surface area contributed by atoms with Crippen molar-refractivity contribution in [2.24, 2.45) is 0 Å². The van der Waals surface area contributed by atoms with Gasteiger partial charge in [0.25, 0.3) is 5.53 Å². The van der Waals surface area contributed by atoms with Crippen LogP contribution in [0.2, 0.25) is 0 Å². The Labute approximate surface area is 60.7 Å². The summed E-state index contributed by atoms with van der Waals surface area (Å²) >= 11 is 0. The molecular weight excluding hydrogens is 155 g/mol. The quantitative estimate of drug-likeness (QED) is 0.408. The molecule has 3 N–H and O–H groups in total. The molecular formula is C5H11O4P. The first-order chi connectivity index (χ1) is 4.54. The van der Waals surface area contributed by atoms with E-state index in [2.05, 4.69) is 0 Å². The van der Waals surface area contributed by atoms with Crippen LogP contribution >= 0.6 is 8.46 Å². The monoisotopic (exact) mass is 166 g/mol. The summed E-state index contributed by atoms with van der Waals surface area (Å²) in [4.78, 5) is 0. The van der Waals surface area contributed by atoms with Gasteiger partial charge < -0.3 is 15.3 Å². The van der Waals surface area contributed by atoms with Crippen molar-refractivity contribution >= 4 is 8.46 Å². The Morgan fingerprint density at radius 2 is 2.10 bits per heavy atom. The predicted octanol–water partition coefficient (Wildman–Crippen LogP) is 0.0775. The molecule has 10 heavy (non-hydrogen) atoms. The second-order valence-electron chi connectivity index (χ2n) is 2.08. The van der Waals surface area contributed by atoms with Crippen molar-refractivity contribution in [3.8, 4) is 0 Å². The Hall–Kier alpha value is -0.0200. The molecule has 1 unspecified atom stereocenters. The molecule has 0 spiro atoms. The van der Waals surface area contributed by atoms with E-state index in [1.165, 1.54) is 0 Å². The molecule has 0 aromatic carbocycles. The van der Waals surface area contributed by atoms with Crippen molar-refractivity contribution in [1.82, 2.24) is 0 Å². The Bertz CT molecular complexity index is 114. The molecule has 0 saturated carbocycles. The Kier molecular flexibility index (Phi) is 3.98. The van der Waals surface area contributed by atoms with E-state index in [1.54, 1.807) is 6.92 Å². The average Bonchev–Trinajstić information content (AvgIpc) is 1.89. The summed E-state index contributed by atoms with van der Waals surface area (Å²) in [6.45, 7) is 1.78. The van der Waals surface area contributed by atoms with E-state index < -0.39 is 20.1 Å². The summed E-state index contributed by atoms with van der Waals surface area (Å²) in [5.74, 6) is 0. The van der Waals surface area contributed by atoms with Crippen molar-refractivity contribution < 1.29 is 19.9 Å². The minimum Gasteiger partial charge on any atom is -0.387 e. The maximum Gasteiger partial charge on any atom is 0.273 e. The molecule has 1 atom stereocenters. The van der Waals surface area contributed by atoms with E-state index in [-0.39, 0.29) is 6.42 Å². The number of aliphatic hydroxyl groups is 3. The second kappa shape index (κ2) is 3.98. The molecule has 0 fully saturated rings. The fourth-order valence-corrected chi connectivity index (χ4v) is 0.779. The fraction of sp³-hybridized carbons (Fsp3) is 1.00.